The molecule has 34 heavy (non-hydrogen) atoms. The highest BCUT2D eigenvalue weighted by molar-refractivity contribution is 7.99. The van der Waals surface area contributed by atoms with Gasteiger partial charge in [-0.25, -0.2) is 0 Å². The molecule has 0 heterocycles. The fourth-order valence-corrected chi connectivity index (χ4v) is 4.98. The van der Waals surface area contributed by atoms with Gasteiger partial charge in [-0.1, -0.05) is 109 Å². The number of carbonyl (C=O) groups is 1. The summed E-state index contributed by atoms with van der Waals surface area (Å²) in [5, 5.41) is 11.3. The van der Waals surface area contributed by atoms with Crippen molar-refractivity contribution in [2.24, 2.45) is 5.92 Å². The number of hydrogen-bond donors (Lipinski definition) is 1. The van der Waals surface area contributed by atoms with E-state index < -0.39 is 12.0 Å². The minimum absolute atomic E-state index is 0.0486. The molecule has 0 saturated heterocycles. The molecule has 1 N–H and O–H groups in total. The fourth-order valence-electron chi connectivity index (χ4n) is 3.94. The van der Waals surface area contributed by atoms with Gasteiger partial charge in [-0.05, 0) is 28.8 Å². The maximum absolute atomic E-state index is 14.0. The van der Waals surface area contributed by atoms with Crippen LogP contribution in [-0.4, -0.2) is 21.7 Å². The first-order chi connectivity index (χ1) is 16.7. The standard InChI is InChI=1S/C30H29NO2S/c32-29(26-17-9-3-10-18-26)28(23-34-27-19-11-4-12-20-27)30(33)31(21-24-13-5-1-6-14-24)22-25-15-7-2-8-16-25/h1-20,28-29,32H,21-23H2/t28-,29-/m0/s1. The molecule has 4 rings (SSSR count). The van der Waals surface area contributed by atoms with Gasteiger partial charge >= 0.3 is 0 Å². The molecule has 0 aromatic heterocycles. The van der Waals surface area contributed by atoms with Crippen LogP contribution < -0.4 is 0 Å². The van der Waals surface area contributed by atoms with Crippen LogP contribution >= 0.6 is 11.8 Å². The summed E-state index contributed by atoms with van der Waals surface area (Å²) in [5.41, 5.74) is 2.89. The van der Waals surface area contributed by atoms with Crippen molar-refractivity contribution in [3.63, 3.8) is 0 Å². The van der Waals surface area contributed by atoms with Gasteiger partial charge < -0.3 is 10.0 Å². The van der Waals surface area contributed by atoms with Crippen molar-refractivity contribution in [1.82, 2.24) is 4.90 Å². The summed E-state index contributed by atoms with van der Waals surface area (Å²) in [6.07, 6.45) is -0.890. The van der Waals surface area contributed by atoms with E-state index in [2.05, 4.69) is 0 Å². The van der Waals surface area contributed by atoms with Gasteiger partial charge in [-0.3, -0.25) is 4.79 Å². The Kier molecular flexibility index (Phi) is 8.55. The summed E-state index contributed by atoms with van der Waals surface area (Å²) in [4.78, 5) is 17.0. The first-order valence-electron chi connectivity index (χ1n) is 11.5. The molecule has 1 amide bonds. The highest BCUT2D eigenvalue weighted by Crippen LogP contribution is 2.31. The number of aliphatic hydroxyl groups is 1. The zero-order valence-corrected chi connectivity index (χ0v) is 19.9. The maximum atomic E-state index is 14.0. The lowest BCUT2D eigenvalue weighted by Crippen LogP contribution is -2.39. The Bertz CT molecular complexity index is 1100. The van der Waals surface area contributed by atoms with Gasteiger partial charge in [0.2, 0.25) is 5.91 Å². The Labute approximate surface area is 206 Å². The number of hydrogen-bond acceptors (Lipinski definition) is 3. The van der Waals surface area contributed by atoms with Crippen molar-refractivity contribution in [3.05, 3.63) is 138 Å². The molecule has 4 heteroatoms. The third-order valence-corrected chi connectivity index (χ3v) is 6.89. The van der Waals surface area contributed by atoms with Gasteiger partial charge in [0.25, 0.3) is 0 Å². The zero-order chi connectivity index (χ0) is 23.6. The van der Waals surface area contributed by atoms with E-state index in [-0.39, 0.29) is 5.91 Å². The number of nitrogens with zero attached hydrogens (tertiary/aromatic N) is 1. The molecule has 0 bridgehead atoms. The summed E-state index contributed by atoms with van der Waals surface area (Å²) in [6, 6.07) is 39.6. The molecule has 0 fully saturated rings. The Morgan fingerprint density at radius 3 is 1.62 bits per heavy atom. The molecule has 0 saturated carbocycles. The predicted molar refractivity (Wildman–Crippen MR) is 139 cm³/mol. The molecule has 0 spiro atoms. The number of rotatable bonds is 10. The van der Waals surface area contributed by atoms with Crippen molar-refractivity contribution in [2.75, 3.05) is 5.75 Å². The lowest BCUT2D eigenvalue weighted by Gasteiger charge is -2.30. The normalized spacial score (nSPS) is 12.6. The summed E-state index contributed by atoms with van der Waals surface area (Å²) in [5.74, 6) is -0.147. The Hall–Kier alpha value is -3.34. The van der Waals surface area contributed by atoms with E-state index in [9.17, 15) is 9.90 Å². The summed E-state index contributed by atoms with van der Waals surface area (Å²) in [6.45, 7) is 0.977. The predicted octanol–water partition coefficient (Wildman–Crippen LogP) is 6.36. The largest absolute Gasteiger partial charge is 0.388 e. The third kappa shape index (κ3) is 6.60. The first-order valence-corrected chi connectivity index (χ1v) is 12.5. The SMILES string of the molecule is O=C([C@@H](CSc1ccccc1)[C@@H](O)c1ccccc1)N(Cc1ccccc1)Cc1ccccc1. The average molecular weight is 468 g/mol. The molecule has 4 aromatic rings. The second-order valence-electron chi connectivity index (χ2n) is 8.25. The molecule has 0 aliphatic carbocycles. The van der Waals surface area contributed by atoms with Crippen LogP contribution in [-0.2, 0) is 17.9 Å². The quantitative estimate of drug-likeness (QED) is 0.276. The Morgan fingerprint density at radius 2 is 1.12 bits per heavy atom. The van der Waals surface area contributed by atoms with Crippen LogP contribution in [0.1, 0.15) is 22.8 Å². The smallest absolute Gasteiger partial charge is 0.230 e. The lowest BCUT2D eigenvalue weighted by molar-refractivity contribution is -0.139. The van der Waals surface area contributed by atoms with E-state index >= 15 is 0 Å². The van der Waals surface area contributed by atoms with Crippen LogP contribution in [0.15, 0.2) is 126 Å². The van der Waals surface area contributed by atoms with Crippen LogP contribution in [0.25, 0.3) is 0 Å². The number of carbonyl (C=O) groups excluding carboxylic acids is 1. The minimum Gasteiger partial charge on any atom is -0.388 e. The van der Waals surface area contributed by atoms with Gasteiger partial charge in [0.05, 0.1) is 12.0 Å². The molecule has 4 aromatic carbocycles. The number of amides is 1. The van der Waals surface area contributed by atoms with E-state index in [4.69, 9.17) is 0 Å². The van der Waals surface area contributed by atoms with Crippen LogP contribution in [0.2, 0.25) is 0 Å². The minimum atomic E-state index is -0.890. The van der Waals surface area contributed by atoms with E-state index in [1.165, 1.54) is 0 Å². The zero-order valence-electron chi connectivity index (χ0n) is 19.0. The van der Waals surface area contributed by atoms with E-state index in [0.717, 1.165) is 21.6 Å². The Balaban J connectivity index is 1.62. The molecule has 0 unspecified atom stereocenters. The molecule has 172 valence electrons. The second kappa shape index (κ2) is 12.2. The second-order valence-corrected chi connectivity index (χ2v) is 9.34. The van der Waals surface area contributed by atoms with E-state index in [0.29, 0.717) is 18.8 Å². The van der Waals surface area contributed by atoms with Gasteiger partial charge in [-0.2, -0.15) is 0 Å². The number of thioether (sulfide) groups is 1. The van der Waals surface area contributed by atoms with Crippen LogP contribution in [0.3, 0.4) is 0 Å². The summed E-state index contributed by atoms with van der Waals surface area (Å²) < 4.78 is 0. The number of aliphatic hydroxyl groups excluding tert-OH is 1. The van der Waals surface area contributed by atoms with Crippen molar-refractivity contribution >= 4 is 17.7 Å². The van der Waals surface area contributed by atoms with E-state index in [1.807, 2.05) is 126 Å². The van der Waals surface area contributed by atoms with Crippen LogP contribution in [0, 0.1) is 5.92 Å². The van der Waals surface area contributed by atoms with Gasteiger partial charge in [0, 0.05) is 23.7 Å². The highest BCUT2D eigenvalue weighted by Gasteiger charge is 2.32. The molecule has 0 aliphatic rings. The van der Waals surface area contributed by atoms with Crippen LogP contribution in [0.4, 0.5) is 0 Å². The number of benzene rings is 4. The summed E-state index contributed by atoms with van der Waals surface area (Å²) >= 11 is 1.60. The van der Waals surface area contributed by atoms with E-state index in [1.54, 1.807) is 11.8 Å². The highest BCUT2D eigenvalue weighted by atomic mass is 32.2. The molecule has 0 aliphatic heterocycles. The maximum Gasteiger partial charge on any atom is 0.230 e. The Morgan fingerprint density at radius 1 is 0.676 bits per heavy atom. The van der Waals surface area contributed by atoms with Crippen molar-refractivity contribution < 1.29 is 9.90 Å². The van der Waals surface area contributed by atoms with Crippen LogP contribution in [0.5, 0.6) is 0 Å². The summed E-state index contributed by atoms with van der Waals surface area (Å²) in [7, 11) is 0. The van der Waals surface area contributed by atoms with Crippen molar-refractivity contribution in [3.8, 4) is 0 Å². The van der Waals surface area contributed by atoms with Crippen molar-refractivity contribution in [2.45, 2.75) is 24.1 Å². The van der Waals surface area contributed by atoms with Gasteiger partial charge in [0.15, 0.2) is 0 Å². The molecule has 0 radical (unpaired) electrons. The fraction of sp³-hybridized carbons (Fsp3) is 0.167. The van der Waals surface area contributed by atoms with Gasteiger partial charge in [0.1, 0.15) is 0 Å². The van der Waals surface area contributed by atoms with Gasteiger partial charge in [-0.15, -0.1) is 11.8 Å². The lowest BCUT2D eigenvalue weighted by atomic mass is 9.95. The average Bonchev–Trinajstić information content (AvgIpc) is 2.90. The first kappa shape index (κ1) is 23.8. The molecular formula is C30H29NO2S. The molecule has 3 nitrogen and oxygen atoms in total. The molecule has 2 atom stereocenters. The molecular weight excluding hydrogens is 438 g/mol. The third-order valence-electron chi connectivity index (χ3n) is 5.76. The monoisotopic (exact) mass is 467 g/mol. The van der Waals surface area contributed by atoms with Crippen molar-refractivity contribution in [1.29, 1.82) is 0 Å². The topological polar surface area (TPSA) is 40.5 Å².